The molecule has 32 heavy (non-hydrogen) atoms. The Morgan fingerprint density at radius 3 is 2.34 bits per heavy atom. The summed E-state index contributed by atoms with van der Waals surface area (Å²) in [5.41, 5.74) is 2.09. The minimum atomic E-state index is -4.05. The molecule has 0 saturated heterocycles. The Kier molecular flexibility index (Phi) is 7.37. The van der Waals surface area contributed by atoms with Crippen LogP contribution in [0.3, 0.4) is 0 Å². The third-order valence-electron chi connectivity index (χ3n) is 4.99. The summed E-state index contributed by atoms with van der Waals surface area (Å²) in [5.74, 6) is -1.09. The van der Waals surface area contributed by atoms with E-state index in [-0.39, 0.29) is 23.8 Å². The van der Waals surface area contributed by atoms with Crippen molar-refractivity contribution in [2.75, 3.05) is 18.4 Å². The van der Waals surface area contributed by atoms with E-state index in [9.17, 15) is 17.6 Å². The number of nitrogens with zero attached hydrogens (tertiary/aromatic N) is 3. The van der Waals surface area contributed by atoms with Crippen LogP contribution >= 0.6 is 11.3 Å². The van der Waals surface area contributed by atoms with E-state index >= 15 is 0 Å². The molecule has 0 aliphatic heterocycles. The van der Waals surface area contributed by atoms with Gasteiger partial charge in [0.25, 0.3) is 5.91 Å². The molecular formula is C22H25FN4O3S2. The van der Waals surface area contributed by atoms with Gasteiger partial charge in [-0.1, -0.05) is 63.3 Å². The zero-order valence-electron chi connectivity index (χ0n) is 18.3. The molecule has 0 spiro atoms. The van der Waals surface area contributed by atoms with E-state index in [4.69, 9.17) is 0 Å². The molecule has 170 valence electrons. The number of amides is 1. The lowest BCUT2D eigenvalue weighted by Crippen LogP contribution is -2.31. The van der Waals surface area contributed by atoms with Crippen LogP contribution < -0.4 is 5.32 Å². The Bertz CT molecular complexity index is 1200. The second kappa shape index (κ2) is 9.85. The minimum Gasteiger partial charge on any atom is -0.296 e. The fraction of sp³-hybridized carbons (Fsp3) is 0.318. The summed E-state index contributed by atoms with van der Waals surface area (Å²) >= 11 is 1.19. The fourth-order valence-electron chi connectivity index (χ4n) is 3.12. The third kappa shape index (κ3) is 5.03. The van der Waals surface area contributed by atoms with E-state index in [0.29, 0.717) is 10.9 Å². The summed E-state index contributed by atoms with van der Waals surface area (Å²) in [6, 6.07) is 11.2. The van der Waals surface area contributed by atoms with Gasteiger partial charge >= 0.3 is 0 Å². The molecule has 7 nitrogen and oxygen atoms in total. The van der Waals surface area contributed by atoms with Crippen LogP contribution in [-0.4, -0.2) is 41.9 Å². The Morgan fingerprint density at radius 2 is 1.75 bits per heavy atom. The summed E-state index contributed by atoms with van der Waals surface area (Å²) in [7, 11) is -4.05. The standard InChI is InChI=1S/C22H25FN4O3S2/c1-5-27(6-2)32(29,30)19-13-17(11-12-18(19)23)20(28)24-22-26-25-21(31-22)16-9-7-15(8-10-16)14(3)4/h7-14H,5-6H2,1-4H3,(H,24,26,28). The smallest absolute Gasteiger partial charge is 0.257 e. The van der Waals surface area contributed by atoms with Crippen molar-refractivity contribution in [3.63, 3.8) is 0 Å². The first-order valence-electron chi connectivity index (χ1n) is 10.2. The number of hydrogen-bond acceptors (Lipinski definition) is 6. The maximum Gasteiger partial charge on any atom is 0.257 e. The summed E-state index contributed by atoms with van der Waals surface area (Å²) in [6.45, 7) is 7.95. The first kappa shape index (κ1) is 24.0. The highest BCUT2D eigenvalue weighted by molar-refractivity contribution is 7.89. The molecule has 0 radical (unpaired) electrons. The highest BCUT2D eigenvalue weighted by Gasteiger charge is 2.26. The number of rotatable bonds is 8. The van der Waals surface area contributed by atoms with Gasteiger partial charge in [0.15, 0.2) is 0 Å². The van der Waals surface area contributed by atoms with Gasteiger partial charge in [-0.05, 0) is 29.7 Å². The molecule has 0 atom stereocenters. The second-order valence-corrected chi connectivity index (χ2v) is 10.3. The number of benzene rings is 2. The molecule has 3 rings (SSSR count). The minimum absolute atomic E-state index is 0.00941. The first-order chi connectivity index (χ1) is 15.2. The average Bonchev–Trinajstić information content (AvgIpc) is 3.23. The van der Waals surface area contributed by atoms with E-state index in [1.807, 2.05) is 24.3 Å². The quantitative estimate of drug-likeness (QED) is 0.506. The molecule has 1 heterocycles. The average molecular weight is 477 g/mol. The van der Waals surface area contributed by atoms with Gasteiger partial charge in [0.05, 0.1) is 0 Å². The van der Waals surface area contributed by atoms with Crippen molar-refractivity contribution in [2.24, 2.45) is 0 Å². The molecule has 10 heteroatoms. The molecule has 0 aliphatic rings. The number of halogens is 1. The van der Waals surface area contributed by atoms with Crippen LogP contribution in [0.5, 0.6) is 0 Å². The molecular weight excluding hydrogens is 451 g/mol. The van der Waals surface area contributed by atoms with E-state index in [1.54, 1.807) is 13.8 Å². The second-order valence-electron chi connectivity index (χ2n) is 7.38. The largest absolute Gasteiger partial charge is 0.296 e. The van der Waals surface area contributed by atoms with Crippen LogP contribution in [0.1, 0.15) is 49.5 Å². The van der Waals surface area contributed by atoms with Gasteiger partial charge in [0, 0.05) is 24.2 Å². The monoisotopic (exact) mass is 476 g/mol. The van der Waals surface area contributed by atoms with Crippen LogP contribution in [-0.2, 0) is 10.0 Å². The van der Waals surface area contributed by atoms with Crippen molar-refractivity contribution >= 4 is 32.4 Å². The van der Waals surface area contributed by atoms with E-state index < -0.39 is 26.6 Å². The fourth-order valence-corrected chi connectivity index (χ4v) is 5.41. The normalized spacial score (nSPS) is 11.8. The zero-order chi connectivity index (χ0) is 23.5. The summed E-state index contributed by atoms with van der Waals surface area (Å²) in [6.07, 6.45) is 0. The van der Waals surface area contributed by atoms with Crippen molar-refractivity contribution in [1.29, 1.82) is 0 Å². The van der Waals surface area contributed by atoms with Crippen LogP contribution in [0.2, 0.25) is 0 Å². The molecule has 3 aromatic rings. The van der Waals surface area contributed by atoms with E-state index in [2.05, 4.69) is 29.4 Å². The summed E-state index contributed by atoms with van der Waals surface area (Å²) in [5, 5.41) is 11.6. The van der Waals surface area contributed by atoms with E-state index in [0.717, 1.165) is 22.0 Å². The lowest BCUT2D eigenvalue weighted by atomic mass is 10.0. The first-order valence-corrected chi connectivity index (χ1v) is 12.5. The third-order valence-corrected chi connectivity index (χ3v) is 7.94. The Hall–Kier alpha value is -2.69. The molecule has 0 saturated carbocycles. The maximum atomic E-state index is 14.3. The molecule has 1 N–H and O–H groups in total. The predicted molar refractivity (Wildman–Crippen MR) is 124 cm³/mol. The summed E-state index contributed by atoms with van der Waals surface area (Å²) in [4.78, 5) is 12.1. The molecule has 0 unspecified atom stereocenters. The van der Waals surface area contributed by atoms with Gasteiger partial charge < -0.3 is 0 Å². The highest BCUT2D eigenvalue weighted by Crippen LogP contribution is 2.28. The number of carbonyl (C=O) groups excluding carboxylic acids is 1. The number of aromatic nitrogens is 2. The molecule has 1 aromatic heterocycles. The van der Waals surface area contributed by atoms with Gasteiger partial charge in [0.2, 0.25) is 15.2 Å². The topological polar surface area (TPSA) is 92.3 Å². The zero-order valence-corrected chi connectivity index (χ0v) is 19.9. The molecule has 0 bridgehead atoms. The van der Waals surface area contributed by atoms with E-state index in [1.165, 1.54) is 23.0 Å². The molecule has 1 amide bonds. The lowest BCUT2D eigenvalue weighted by Gasteiger charge is -2.19. The number of sulfonamides is 1. The highest BCUT2D eigenvalue weighted by atomic mass is 32.2. The van der Waals surface area contributed by atoms with Crippen molar-refractivity contribution in [3.05, 3.63) is 59.4 Å². The van der Waals surface area contributed by atoms with Crippen LogP contribution in [0, 0.1) is 5.82 Å². The van der Waals surface area contributed by atoms with Crippen LogP contribution in [0.4, 0.5) is 9.52 Å². The Labute approximate surface area is 191 Å². The maximum absolute atomic E-state index is 14.3. The van der Waals surface area contributed by atoms with Gasteiger partial charge in [-0.3, -0.25) is 10.1 Å². The SMILES string of the molecule is CCN(CC)S(=O)(=O)c1cc(C(=O)Nc2nnc(-c3ccc(C(C)C)cc3)s2)ccc1F. The van der Waals surface area contributed by atoms with Crippen LogP contribution in [0.25, 0.3) is 10.6 Å². The van der Waals surface area contributed by atoms with Crippen molar-refractivity contribution < 1.29 is 17.6 Å². The van der Waals surface area contributed by atoms with Gasteiger partial charge in [-0.2, -0.15) is 4.31 Å². The van der Waals surface area contributed by atoms with Gasteiger partial charge in [0.1, 0.15) is 15.7 Å². The number of carbonyl (C=O) groups is 1. The molecule has 0 aliphatic carbocycles. The lowest BCUT2D eigenvalue weighted by molar-refractivity contribution is 0.102. The molecule has 0 fully saturated rings. The Balaban J connectivity index is 1.81. The van der Waals surface area contributed by atoms with Crippen LogP contribution in [0.15, 0.2) is 47.4 Å². The predicted octanol–water partition coefficient (Wildman–Crippen LogP) is 4.75. The number of hydrogen-bond donors (Lipinski definition) is 1. The van der Waals surface area contributed by atoms with Gasteiger partial charge in [-0.15, -0.1) is 10.2 Å². The number of anilines is 1. The van der Waals surface area contributed by atoms with Crippen molar-refractivity contribution in [2.45, 2.75) is 38.5 Å². The molecule has 2 aromatic carbocycles. The van der Waals surface area contributed by atoms with Crippen molar-refractivity contribution in [1.82, 2.24) is 14.5 Å². The summed E-state index contributed by atoms with van der Waals surface area (Å²) < 4.78 is 40.9. The van der Waals surface area contributed by atoms with Gasteiger partial charge in [-0.25, -0.2) is 12.8 Å². The number of nitrogens with one attached hydrogen (secondary N) is 1. The van der Waals surface area contributed by atoms with Crippen molar-refractivity contribution in [3.8, 4) is 10.6 Å². The Morgan fingerprint density at radius 1 is 1.09 bits per heavy atom.